The van der Waals surface area contributed by atoms with Crippen LogP contribution in [0.4, 0.5) is 0 Å². The van der Waals surface area contributed by atoms with Gasteiger partial charge in [-0.25, -0.2) is 4.79 Å². The van der Waals surface area contributed by atoms with Crippen LogP contribution in [0.2, 0.25) is 0 Å². The van der Waals surface area contributed by atoms with Crippen molar-refractivity contribution in [3.05, 3.63) is 95.1 Å². The van der Waals surface area contributed by atoms with E-state index in [1.54, 1.807) is 24.3 Å². The van der Waals surface area contributed by atoms with E-state index in [1.165, 1.54) is 0 Å². The number of aliphatic carboxylic acids is 1. The molecule has 1 aliphatic heterocycles. The lowest BCUT2D eigenvalue weighted by molar-refractivity contribution is -0.142. The number of nitrogens with one attached hydrogen (secondary N) is 1. The minimum absolute atomic E-state index is 0.0844. The quantitative estimate of drug-likeness (QED) is 0.532. The summed E-state index contributed by atoms with van der Waals surface area (Å²) >= 11 is 0. The third-order valence-electron chi connectivity index (χ3n) is 6.46. The van der Waals surface area contributed by atoms with Gasteiger partial charge in [0.1, 0.15) is 6.04 Å². The van der Waals surface area contributed by atoms with Crippen LogP contribution in [0.5, 0.6) is 0 Å². The minimum atomic E-state index is -1.16. The van der Waals surface area contributed by atoms with Crippen molar-refractivity contribution < 1.29 is 24.3 Å². The zero-order valence-electron chi connectivity index (χ0n) is 18.2. The van der Waals surface area contributed by atoms with Gasteiger partial charge in [0.2, 0.25) is 5.91 Å². The van der Waals surface area contributed by atoms with Crippen molar-refractivity contribution >= 4 is 23.7 Å². The van der Waals surface area contributed by atoms with Gasteiger partial charge < -0.3 is 10.4 Å². The molecule has 3 aromatic rings. The first-order chi connectivity index (χ1) is 16.5. The number of fused-ring (bicyclic) bond motifs is 4. The van der Waals surface area contributed by atoms with Gasteiger partial charge in [-0.3, -0.25) is 19.3 Å². The second-order valence-electron chi connectivity index (χ2n) is 8.46. The molecule has 170 valence electrons. The summed E-state index contributed by atoms with van der Waals surface area (Å²) in [6, 6.07) is 20.7. The Morgan fingerprint density at radius 2 is 1.26 bits per heavy atom. The zero-order valence-corrected chi connectivity index (χ0v) is 18.2. The molecule has 3 amide bonds. The highest BCUT2D eigenvalue weighted by atomic mass is 16.4. The lowest BCUT2D eigenvalue weighted by atomic mass is 9.95. The summed E-state index contributed by atoms with van der Waals surface area (Å²) in [7, 11) is 0. The van der Waals surface area contributed by atoms with Crippen molar-refractivity contribution in [1.29, 1.82) is 0 Å². The lowest BCUT2D eigenvalue weighted by Gasteiger charge is -2.20. The van der Waals surface area contributed by atoms with Gasteiger partial charge in [0.05, 0.1) is 17.0 Å². The van der Waals surface area contributed by atoms with Gasteiger partial charge in [0.15, 0.2) is 0 Å². The molecule has 34 heavy (non-hydrogen) atoms. The number of nitrogens with zero attached hydrogens (tertiary/aromatic N) is 1. The summed E-state index contributed by atoms with van der Waals surface area (Å²) < 4.78 is 0. The van der Waals surface area contributed by atoms with E-state index < -0.39 is 17.9 Å². The highest BCUT2D eigenvalue weighted by molar-refractivity contribution is 6.21. The number of carboxylic acid groups (broad SMARTS) is 1. The van der Waals surface area contributed by atoms with Crippen LogP contribution in [0.1, 0.15) is 50.6 Å². The van der Waals surface area contributed by atoms with Crippen LogP contribution in [0.15, 0.2) is 72.8 Å². The maximum Gasteiger partial charge on any atom is 0.326 e. The number of carboxylic acids is 1. The van der Waals surface area contributed by atoms with E-state index in [4.69, 9.17) is 0 Å². The molecule has 0 bridgehead atoms. The Labute approximate surface area is 196 Å². The molecule has 7 nitrogen and oxygen atoms in total. The fourth-order valence-corrected chi connectivity index (χ4v) is 4.85. The largest absolute Gasteiger partial charge is 0.480 e. The van der Waals surface area contributed by atoms with Gasteiger partial charge in [0.25, 0.3) is 11.8 Å². The van der Waals surface area contributed by atoms with Gasteiger partial charge in [-0.2, -0.15) is 0 Å². The standard InChI is InChI=1S/C27H22N2O5/c30-24(23-18-10-3-1-8-16(18)17-9-2-4-11-19(17)23)28-22(27(33)34)14-7-15-29-25(31)20-12-5-6-13-21(20)26(29)32/h1-6,8-13,22-23H,7,14-15H2,(H,28,30)(H,33,34)/t22-/m0/s1. The molecule has 0 saturated heterocycles. The molecule has 1 heterocycles. The average Bonchev–Trinajstić information content (AvgIpc) is 3.31. The molecule has 0 saturated carbocycles. The first kappa shape index (κ1) is 21.6. The molecule has 0 radical (unpaired) electrons. The SMILES string of the molecule is O=C(N[C@@H](CCCN1C(=O)c2ccccc2C1=O)C(=O)O)C1c2ccccc2-c2ccccc21. The molecular formula is C27H22N2O5. The summed E-state index contributed by atoms with van der Waals surface area (Å²) in [6.45, 7) is 0.0844. The molecule has 0 fully saturated rings. The summed E-state index contributed by atoms with van der Waals surface area (Å²) in [5.41, 5.74) is 4.34. The van der Waals surface area contributed by atoms with Crippen LogP contribution in [0.25, 0.3) is 11.1 Å². The number of rotatable bonds is 7. The molecule has 5 rings (SSSR count). The molecule has 0 aromatic heterocycles. The van der Waals surface area contributed by atoms with Gasteiger partial charge in [0, 0.05) is 6.54 Å². The molecule has 2 aliphatic rings. The summed E-state index contributed by atoms with van der Waals surface area (Å²) in [5.74, 6) is -2.89. The molecular weight excluding hydrogens is 432 g/mol. The number of amides is 3. The van der Waals surface area contributed by atoms with Crippen molar-refractivity contribution in [2.45, 2.75) is 24.8 Å². The number of hydrogen-bond acceptors (Lipinski definition) is 4. The minimum Gasteiger partial charge on any atom is -0.480 e. The van der Waals surface area contributed by atoms with E-state index >= 15 is 0 Å². The summed E-state index contributed by atoms with van der Waals surface area (Å²) in [5, 5.41) is 12.4. The Kier molecular flexibility index (Phi) is 5.45. The fourth-order valence-electron chi connectivity index (χ4n) is 4.85. The van der Waals surface area contributed by atoms with E-state index in [1.807, 2.05) is 48.5 Å². The molecule has 1 aliphatic carbocycles. The molecule has 7 heteroatoms. The van der Waals surface area contributed by atoms with Crippen LogP contribution in [-0.2, 0) is 9.59 Å². The third kappa shape index (κ3) is 3.55. The Balaban J connectivity index is 1.27. The number of benzene rings is 3. The van der Waals surface area contributed by atoms with Crippen molar-refractivity contribution in [2.24, 2.45) is 0 Å². The highest BCUT2D eigenvalue weighted by Crippen LogP contribution is 2.44. The molecule has 0 unspecified atom stereocenters. The molecule has 1 atom stereocenters. The average molecular weight is 454 g/mol. The Hall–Kier alpha value is -4.26. The van der Waals surface area contributed by atoms with Crippen molar-refractivity contribution in [2.75, 3.05) is 6.54 Å². The first-order valence-electron chi connectivity index (χ1n) is 11.1. The number of hydrogen-bond donors (Lipinski definition) is 2. The third-order valence-corrected chi connectivity index (χ3v) is 6.46. The second kappa shape index (κ2) is 8.59. The number of imide groups is 1. The maximum absolute atomic E-state index is 13.3. The van der Waals surface area contributed by atoms with Crippen LogP contribution in [0.3, 0.4) is 0 Å². The van der Waals surface area contributed by atoms with Crippen LogP contribution in [-0.4, -0.2) is 46.3 Å². The summed E-state index contributed by atoms with van der Waals surface area (Å²) in [6.07, 6.45) is 0.338. The Bertz CT molecular complexity index is 1250. The van der Waals surface area contributed by atoms with Gasteiger partial charge in [-0.05, 0) is 47.2 Å². The normalized spacial score (nSPS) is 15.0. The maximum atomic E-state index is 13.3. The smallest absolute Gasteiger partial charge is 0.326 e. The topological polar surface area (TPSA) is 104 Å². The van der Waals surface area contributed by atoms with Gasteiger partial charge >= 0.3 is 5.97 Å². The predicted molar refractivity (Wildman–Crippen MR) is 124 cm³/mol. The van der Waals surface area contributed by atoms with E-state index in [0.29, 0.717) is 11.1 Å². The monoisotopic (exact) mass is 454 g/mol. The molecule has 2 N–H and O–H groups in total. The van der Waals surface area contributed by atoms with Gasteiger partial charge in [-0.1, -0.05) is 60.7 Å². The predicted octanol–water partition coefficient (Wildman–Crippen LogP) is 3.44. The van der Waals surface area contributed by atoms with Crippen molar-refractivity contribution in [1.82, 2.24) is 10.2 Å². The lowest BCUT2D eigenvalue weighted by Crippen LogP contribution is -2.43. The van der Waals surface area contributed by atoms with Crippen molar-refractivity contribution in [3.8, 4) is 11.1 Å². The Morgan fingerprint density at radius 3 is 1.76 bits per heavy atom. The van der Waals surface area contributed by atoms with Crippen LogP contribution >= 0.6 is 0 Å². The Morgan fingerprint density at radius 1 is 0.794 bits per heavy atom. The molecule has 3 aromatic carbocycles. The van der Waals surface area contributed by atoms with Crippen LogP contribution in [0, 0.1) is 0 Å². The zero-order chi connectivity index (χ0) is 23.8. The highest BCUT2D eigenvalue weighted by Gasteiger charge is 2.37. The van der Waals surface area contributed by atoms with Gasteiger partial charge in [-0.15, -0.1) is 0 Å². The van der Waals surface area contributed by atoms with Crippen LogP contribution < -0.4 is 5.32 Å². The van der Waals surface area contributed by atoms with E-state index in [2.05, 4.69) is 5.32 Å². The first-order valence-corrected chi connectivity index (χ1v) is 11.1. The summed E-state index contributed by atoms with van der Waals surface area (Å²) in [4.78, 5) is 51.4. The van der Waals surface area contributed by atoms with E-state index in [-0.39, 0.29) is 37.1 Å². The van der Waals surface area contributed by atoms with E-state index in [9.17, 15) is 24.3 Å². The second-order valence-corrected chi connectivity index (χ2v) is 8.46. The molecule has 0 spiro atoms. The number of carbonyl (C=O) groups is 4. The van der Waals surface area contributed by atoms with E-state index in [0.717, 1.165) is 27.2 Å². The van der Waals surface area contributed by atoms with Crippen molar-refractivity contribution in [3.63, 3.8) is 0 Å². The fraction of sp³-hybridized carbons (Fsp3) is 0.185. The number of carbonyl (C=O) groups excluding carboxylic acids is 3.